The molecule has 0 N–H and O–H groups in total. The molecule has 0 aromatic heterocycles. The van der Waals surface area contributed by atoms with Crippen molar-refractivity contribution in [3.8, 4) is 5.75 Å². The van der Waals surface area contributed by atoms with Crippen molar-refractivity contribution < 1.29 is 4.43 Å². The summed E-state index contributed by atoms with van der Waals surface area (Å²) in [5.41, 5.74) is 1.32. The molecular formula is C22H24OSi. The van der Waals surface area contributed by atoms with Crippen molar-refractivity contribution in [1.29, 1.82) is 0 Å². The first kappa shape index (κ1) is 16.5. The molecule has 0 heterocycles. The van der Waals surface area contributed by atoms with Crippen molar-refractivity contribution in [2.45, 2.75) is 26.2 Å². The molecule has 3 aromatic rings. The Labute approximate surface area is 146 Å². The molecule has 0 saturated heterocycles. The maximum Gasteiger partial charge on any atom is 0.299 e. The molecule has 3 rings (SSSR count). The van der Waals surface area contributed by atoms with Crippen LogP contribution in [0.1, 0.15) is 26.3 Å². The van der Waals surface area contributed by atoms with E-state index in [4.69, 9.17) is 4.43 Å². The van der Waals surface area contributed by atoms with E-state index in [9.17, 15) is 0 Å². The first-order valence-electron chi connectivity index (χ1n) is 8.42. The fourth-order valence-corrected chi connectivity index (χ4v) is 5.16. The maximum absolute atomic E-state index is 6.68. The van der Waals surface area contributed by atoms with E-state index in [0.29, 0.717) is 0 Å². The van der Waals surface area contributed by atoms with Crippen LogP contribution in [0.15, 0.2) is 84.9 Å². The Bertz CT molecular complexity index is 736. The Kier molecular flexibility index (Phi) is 4.86. The van der Waals surface area contributed by atoms with Crippen molar-refractivity contribution in [2.75, 3.05) is 0 Å². The topological polar surface area (TPSA) is 9.23 Å². The summed E-state index contributed by atoms with van der Waals surface area (Å²) in [6, 6.07) is 29.7. The minimum absolute atomic E-state index is 0.0585. The zero-order valence-corrected chi connectivity index (χ0v) is 15.7. The SMILES string of the molecule is CC(C)(C)c1ccccc1O[SiH](c1ccccc1)c1ccccc1. The van der Waals surface area contributed by atoms with E-state index >= 15 is 0 Å². The number of benzene rings is 3. The normalized spacial score (nSPS) is 11.5. The van der Waals surface area contributed by atoms with Crippen LogP contribution in [0.3, 0.4) is 0 Å². The fraction of sp³-hybridized carbons (Fsp3) is 0.182. The molecule has 1 nitrogen and oxygen atoms in total. The standard InChI is InChI=1S/C22H24OSi/c1-22(2,3)20-16-10-11-17-21(20)23-24(18-12-6-4-7-13-18)19-14-8-5-9-15-19/h4-17,24H,1-3H3. The minimum Gasteiger partial charge on any atom is -0.537 e. The third-order valence-electron chi connectivity index (χ3n) is 4.14. The summed E-state index contributed by atoms with van der Waals surface area (Å²) in [5, 5.41) is 2.60. The van der Waals surface area contributed by atoms with Crippen LogP contribution in [-0.4, -0.2) is 9.04 Å². The second kappa shape index (κ2) is 7.06. The van der Waals surface area contributed by atoms with E-state index in [1.54, 1.807) is 0 Å². The smallest absolute Gasteiger partial charge is 0.299 e. The van der Waals surface area contributed by atoms with Gasteiger partial charge in [-0.2, -0.15) is 0 Å². The highest BCUT2D eigenvalue weighted by Gasteiger charge is 2.24. The number of para-hydroxylation sites is 1. The van der Waals surface area contributed by atoms with Gasteiger partial charge in [-0.1, -0.05) is 99.6 Å². The predicted octanol–water partition coefficient (Wildman–Crippen LogP) is 3.90. The molecular weight excluding hydrogens is 308 g/mol. The van der Waals surface area contributed by atoms with Gasteiger partial charge in [-0.25, -0.2) is 0 Å². The molecule has 0 amide bonds. The molecule has 0 aliphatic carbocycles. The van der Waals surface area contributed by atoms with Crippen LogP contribution in [0.2, 0.25) is 0 Å². The van der Waals surface area contributed by atoms with Gasteiger partial charge in [0.2, 0.25) is 0 Å². The highest BCUT2D eigenvalue weighted by atomic mass is 28.3. The van der Waals surface area contributed by atoms with Crippen LogP contribution in [0.25, 0.3) is 0 Å². The summed E-state index contributed by atoms with van der Waals surface area (Å²) in [4.78, 5) is 0. The predicted molar refractivity (Wildman–Crippen MR) is 105 cm³/mol. The first-order chi connectivity index (χ1) is 11.6. The molecule has 2 heteroatoms. The van der Waals surface area contributed by atoms with Crippen molar-refractivity contribution in [2.24, 2.45) is 0 Å². The second-order valence-electron chi connectivity index (χ2n) is 7.07. The van der Waals surface area contributed by atoms with Gasteiger partial charge in [0, 0.05) is 0 Å². The van der Waals surface area contributed by atoms with Crippen LogP contribution in [0.5, 0.6) is 5.75 Å². The van der Waals surface area contributed by atoms with Crippen molar-refractivity contribution in [3.63, 3.8) is 0 Å². The molecule has 0 aliphatic heterocycles. The highest BCUT2D eigenvalue weighted by Crippen LogP contribution is 2.31. The number of hydrogen-bond donors (Lipinski definition) is 0. The molecule has 0 saturated carbocycles. The summed E-state index contributed by atoms with van der Waals surface area (Å²) < 4.78 is 6.68. The first-order valence-corrected chi connectivity index (χ1v) is 10.0. The average molecular weight is 333 g/mol. The van der Waals surface area contributed by atoms with Crippen molar-refractivity contribution >= 4 is 19.4 Å². The van der Waals surface area contributed by atoms with Crippen LogP contribution < -0.4 is 14.8 Å². The van der Waals surface area contributed by atoms with E-state index in [1.807, 2.05) is 0 Å². The van der Waals surface area contributed by atoms with Gasteiger partial charge in [-0.3, -0.25) is 0 Å². The monoisotopic (exact) mass is 332 g/mol. The lowest BCUT2D eigenvalue weighted by molar-refractivity contribution is 0.525. The van der Waals surface area contributed by atoms with Gasteiger partial charge in [0.05, 0.1) is 0 Å². The third kappa shape index (κ3) is 3.77. The summed E-state index contributed by atoms with van der Waals surface area (Å²) in [6.07, 6.45) is 0. The van der Waals surface area contributed by atoms with E-state index in [-0.39, 0.29) is 5.41 Å². The van der Waals surface area contributed by atoms with Gasteiger partial charge >= 0.3 is 0 Å². The van der Waals surface area contributed by atoms with Gasteiger partial charge in [0.25, 0.3) is 9.04 Å². The van der Waals surface area contributed by atoms with Crippen LogP contribution in [0, 0.1) is 0 Å². The zero-order chi connectivity index (χ0) is 17.0. The number of rotatable bonds is 4. The molecule has 0 aliphatic rings. The molecule has 0 fully saturated rings. The molecule has 122 valence electrons. The largest absolute Gasteiger partial charge is 0.537 e. The molecule has 0 unspecified atom stereocenters. The van der Waals surface area contributed by atoms with E-state index in [0.717, 1.165) is 5.75 Å². The van der Waals surface area contributed by atoms with Gasteiger partial charge in [0.15, 0.2) is 0 Å². The molecule has 0 radical (unpaired) electrons. The Morgan fingerprint density at radius 3 is 1.58 bits per heavy atom. The van der Waals surface area contributed by atoms with Gasteiger partial charge in [-0.15, -0.1) is 0 Å². The number of hydrogen-bond acceptors (Lipinski definition) is 1. The van der Waals surface area contributed by atoms with Gasteiger partial charge in [0.1, 0.15) is 5.75 Å². The fourth-order valence-electron chi connectivity index (χ4n) is 2.90. The van der Waals surface area contributed by atoms with Gasteiger partial charge < -0.3 is 4.43 Å². The molecule has 0 spiro atoms. The summed E-state index contributed by atoms with van der Waals surface area (Å²) in [7, 11) is -1.78. The molecule has 24 heavy (non-hydrogen) atoms. The van der Waals surface area contributed by atoms with Crippen LogP contribution >= 0.6 is 0 Å². The lowest BCUT2D eigenvalue weighted by Gasteiger charge is -2.26. The quantitative estimate of drug-likeness (QED) is 0.658. The van der Waals surface area contributed by atoms with E-state index in [1.165, 1.54) is 15.9 Å². The van der Waals surface area contributed by atoms with Crippen LogP contribution in [0.4, 0.5) is 0 Å². The maximum atomic E-state index is 6.68. The Balaban J connectivity index is 2.03. The summed E-state index contributed by atoms with van der Waals surface area (Å²) >= 11 is 0. The molecule has 0 bridgehead atoms. The Morgan fingerprint density at radius 2 is 1.08 bits per heavy atom. The zero-order valence-electron chi connectivity index (χ0n) is 14.6. The highest BCUT2D eigenvalue weighted by molar-refractivity contribution is 6.80. The summed E-state index contributed by atoms with van der Waals surface area (Å²) in [6.45, 7) is 6.70. The molecule has 0 atom stereocenters. The van der Waals surface area contributed by atoms with Crippen molar-refractivity contribution in [1.82, 2.24) is 0 Å². The van der Waals surface area contributed by atoms with Gasteiger partial charge in [-0.05, 0) is 27.4 Å². The van der Waals surface area contributed by atoms with E-state index in [2.05, 4.69) is 106 Å². The lowest BCUT2D eigenvalue weighted by atomic mass is 9.86. The Morgan fingerprint density at radius 1 is 0.625 bits per heavy atom. The summed E-state index contributed by atoms with van der Waals surface area (Å²) in [5.74, 6) is 1.01. The second-order valence-corrected chi connectivity index (χ2v) is 9.39. The minimum atomic E-state index is -1.78. The average Bonchev–Trinajstić information content (AvgIpc) is 2.61. The Hall–Kier alpha value is -2.32. The van der Waals surface area contributed by atoms with Crippen LogP contribution in [-0.2, 0) is 5.41 Å². The lowest BCUT2D eigenvalue weighted by Crippen LogP contribution is -2.47. The van der Waals surface area contributed by atoms with Crippen molar-refractivity contribution in [3.05, 3.63) is 90.5 Å². The third-order valence-corrected chi connectivity index (χ3v) is 6.61. The molecule has 3 aromatic carbocycles. The van der Waals surface area contributed by atoms with E-state index < -0.39 is 9.04 Å².